The van der Waals surface area contributed by atoms with E-state index in [0.29, 0.717) is 12.8 Å². The lowest BCUT2D eigenvalue weighted by molar-refractivity contribution is -0.270. The van der Waals surface area contributed by atoms with Gasteiger partial charge in [-0.2, -0.15) is 22.0 Å². The first-order valence-corrected chi connectivity index (χ1v) is 5.05. The van der Waals surface area contributed by atoms with E-state index in [9.17, 15) is 22.0 Å². The van der Waals surface area contributed by atoms with Gasteiger partial charge in [0.25, 0.3) is 0 Å². The molecule has 0 N–H and O–H groups in total. The molecule has 0 unspecified atom stereocenters. The Bertz CT molecular complexity index is 282. The molecule has 0 aromatic carbocycles. The van der Waals surface area contributed by atoms with Gasteiger partial charge in [-0.05, 0) is 26.7 Å². The van der Waals surface area contributed by atoms with Crippen LogP contribution in [0.15, 0.2) is 11.3 Å². The molecule has 1 saturated heterocycles. The Hall–Kier alpha value is -0.810. The van der Waals surface area contributed by atoms with Crippen molar-refractivity contribution in [3.8, 4) is 0 Å². The zero-order valence-electron chi connectivity index (χ0n) is 9.17. The lowest BCUT2D eigenvalue weighted by Crippen LogP contribution is -2.44. The fraction of sp³-hybridized carbons (Fsp3) is 0.800. The summed E-state index contributed by atoms with van der Waals surface area (Å²) in [6.07, 6.45) is -4.21. The minimum Gasteiger partial charge on any atom is -0.370 e. The van der Waals surface area contributed by atoms with Crippen LogP contribution in [0.25, 0.3) is 0 Å². The van der Waals surface area contributed by atoms with E-state index in [1.165, 1.54) is 13.8 Å². The highest BCUT2D eigenvalue weighted by atomic mass is 19.4. The van der Waals surface area contributed by atoms with Gasteiger partial charge in [0.15, 0.2) is 0 Å². The first kappa shape index (κ1) is 13.3. The smallest absolute Gasteiger partial charge is 0.370 e. The number of hydrogen-bond acceptors (Lipinski definition) is 1. The van der Waals surface area contributed by atoms with Crippen molar-refractivity contribution in [1.82, 2.24) is 4.90 Å². The maximum absolute atomic E-state index is 13.3. The molecule has 0 radical (unpaired) electrons. The van der Waals surface area contributed by atoms with Gasteiger partial charge < -0.3 is 4.90 Å². The summed E-state index contributed by atoms with van der Waals surface area (Å²) in [5.74, 6) is -4.75. The quantitative estimate of drug-likeness (QED) is 0.670. The topological polar surface area (TPSA) is 3.24 Å². The zero-order chi connectivity index (χ0) is 12.6. The van der Waals surface area contributed by atoms with Crippen LogP contribution in [0.4, 0.5) is 22.0 Å². The van der Waals surface area contributed by atoms with Gasteiger partial charge in [0.2, 0.25) is 0 Å². The molecule has 0 aromatic heterocycles. The fourth-order valence-corrected chi connectivity index (χ4v) is 1.90. The Morgan fingerprint density at radius 1 is 0.938 bits per heavy atom. The van der Waals surface area contributed by atoms with Crippen LogP contribution in [-0.2, 0) is 0 Å². The van der Waals surface area contributed by atoms with E-state index in [1.807, 2.05) is 0 Å². The number of halogens is 5. The van der Waals surface area contributed by atoms with E-state index < -0.39 is 17.8 Å². The van der Waals surface area contributed by atoms with Gasteiger partial charge in [-0.15, -0.1) is 0 Å². The molecule has 0 atom stereocenters. The monoisotopic (exact) mass is 243 g/mol. The molecule has 1 aliphatic rings. The number of hydrogen-bond donors (Lipinski definition) is 0. The number of rotatable bonds is 2. The highest BCUT2D eigenvalue weighted by molar-refractivity contribution is 5.20. The van der Waals surface area contributed by atoms with E-state index in [4.69, 9.17) is 0 Å². The van der Waals surface area contributed by atoms with E-state index in [1.54, 1.807) is 0 Å². The number of allylic oxidation sites excluding steroid dienone is 2. The Balaban J connectivity index is 3.09. The molecule has 0 aromatic rings. The van der Waals surface area contributed by atoms with Gasteiger partial charge in [-0.3, -0.25) is 0 Å². The molecular formula is C10H14F5N. The lowest BCUT2D eigenvalue weighted by atomic mass is 10.1. The van der Waals surface area contributed by atoms with Gasteiger partial charge in [0.1, 0.15) is 0 Å². The van der Waals surface area contributed by atoms with Crippen LogP contribution in [-0.4, -0.2) is 30.1 Å². The Morgan fingerprint density at radius 3 is 1.69 bits per heavy atom. The van der Waals surface area contributed by atoms with Crippen molar-refractivity contribution in [3.63, 3.8) is 0 Å². The molecule has 0 saturated carbocycles. The minimum atomic E-state index is -5.53. The first-order chi connectivity index (χ1) is 7.18. The summed E-state index contributed by atoms with van der Waals surface area (Å²) in [7, 11) is 0. The normalized spacial score (nSPS) is 17.8. The van der Waals surface area contributed by atoms with Crippen molar-refractivity contribution in [2.75, 3.05) is 13.1 Å². The van der Waals surface area contributed by atoms with E-state index in [-0.39, 0.29) is 18.7 Å². The second kappa shape index (κ2) is 4.22. The van der Waals surface area contributed by atoms with Crippen LogP contribution >= 0.6 is 0 Å². The fourth-order valence-electron chi connectivity index (χ4n) is 1.90. The highest BCUT2D eigenvalue weighted by Crippen LogP contribution is 2.44. The third-order valence-electron chi connectivity index (χ3n) is 2.55. The molecule has 0 spiro atoms. The molecule has 1 fully saturated rings. The lowest BCUT2D eigenvalue weighted by Gasteiger charge is -2.31. The van der Waals surface area contributed by atoms with Crippen molar-refractivity contribution in [3.05, 3.63) is 11.3 Å². The molecule has 1 aliphatic heterocycles. The van der Waals surface area contributed by atoms with Crippen LogP contribution in [0.3, 0.4) is 0 Å². The minimum absolute atomic E-state index is 0.0178. The van der Waals surface area contributed by atoms with Gasteiger partial charge in [-0.1, -0.05) is 5.57 Å². The molecule has 0 bridgehead atoms. The molecule has 0 aliphatic carbocycles. The molecule has 0 amide bonds. The third-order valence-corrected chi connectivity index (χ3v) is 2.55. The predicted octanol–water partition coefficient (Wildman–Crippen LogP) is 3.57. The molecule has 1 nitrogen and oxygen atoms in total. The van der Waals surface area contributed by atoms with E-state index in [2.05, 4.69) is 0 Å². The largest absolute Gasteiger partial charge is 0.459 e. The summed E-state index contributed by atoms with van der Waals surface area (Å²) in [5.41, 5.74) is -0.860. The van der Waals surface area contributed by atoms with Crippen molar-refractivity contribution in [2.24, 2.45) is 0 Å². The van der Waals surface area contributed by atoms with Crippen LogP contribution in [0, 0.1) is 0 Å². The average molecular weight is 243 g/mol. The molecule has 6 heteroatoms. The van der Waals surface area contributed by atoms with Crippen LogP contribution in [0.2, 0.25) is 0 Å². The van der Waals surface area contributed by atoms with Crippen molar-refractivity contribution in [2.45, 2.75) is 38.8 Å². The van der Waals surface area contributed by atoms with Gasteiger partial charge in [0.05, 0.1) is 5.70 Å². The molecule has 1 heterocycles. The Kier molecular flexibility index (Phi) is 3.50. The zero-order valence-corrected chi connectivity index (χ0v) is 9.17. The second-order valence-electron chi connectivity index (χ2n) is 4.11. The summed E-state index contributed by atoms with van der Waals surface area (Å²) in [5, 5.41) is 0. The number of likely N-dealkylation sites (tertiary alicyclic amines) is 1. The van der Waals surface area contributed by atoms with Gasteiger partial charge in [-0.25, -0.2) is 0 Å². The summed E-state index contributed by atoms with van der Waals surface area (Å²) in [6, 6.07) is 0. The SMILES string of the molecule is CC(C)=C(N1CCCC1)C(F)(F)C(F)(F)F. The van der Waals surface area contributed by atoms with E-state index >= 15 is 0 Å². The van der Waals surface area contributed by atoms with Crippen molar-refractivity contribution >= 4 is 0 Å². The van der Waals surface area contributed by atoms with Crippen LogP contribution in [0.5, 0.6) is 0 Å². The molecular weight excluding hydrogens is 229 g/mol. The van der Waals surface area contributed by atoms with Gasteiger partial charge in [0, 0.05) is 13.1 Å². The first-order valence-electron chi connectivity index (χ1n) is 5.05. The summed E-state index contributed by atoms with van der Waals surface area (Å²) in [4.78, 5) is 1.14. The molecule has 94 valence electrons. The van der Waals surface area contributed by atoms with Crippen molar-refractivity contribution in [1.29, 1.82) is 0 Å². The van der Waals surface area contributed by atoms with Crippen LogP contribution in [0.1, 0.15) is 26.7 Å². The summed E-state index contributed by atoms with van der Waals surface area (Å²) < 4.78 is 63.4. The standard InChI is InChI=1S/C10H14F5N/c1-7(2)8(16-5-3-4-6-16)9(11,12)10(13,14)15/h3-6H2,1-2H3. The molecule has 16 heavy (non-hydrogen) atoms. The Morgan fingerprint density at radius 2 is 1.38 bits per heavy atom. The molecule has 1 rings (SSSR count). The van der Waals surface area contributed by atoms with Crippen molar-refractivity contribution < 1.29 is 22.0 Å². The summed E-state index contributed by atoms with van der Waals surface area (Å²) in [6.45, 7) is 3.11. The maximum Gasteiger partial charge on any atom is 0.459 e. The maximum atomic E-state index is 13.3. The highest BCUT2D eigenvalue weighted by Gasteiger charge is 2.61. The average Bonchev–Trinajstić information content (AvgIpc) is 2.53. The Labute approximate surface area is 90.9 Å². The van der Waals surface area contributed by atoms with E-state index in [0.717, 1.165) is 4.90 Å². The second-order valence-corrected chi connectivity index (χ2v) is 4.11. The predicted molar refractivity (Wildman–Crippen MR) is 50.2 cm³/mol. The third kappa shape index (κ3) is 2.30. The van der Waals surface area contributed by atoms with Gasteiger partial charge >= 0.3 is 12.1 Å². The van der Waals surface area contributed by atoms with Crippen LogP contribution < -0.4 is 0 Å². The number of alkyl halides is 5. The number of nitrogens with zero attached hydrogens (tertiary/aromatic N) is 1. The summed E-state index contributed by atoms with van der Waals surface area (Å²) >= 11 is 0.